The summed E-state index contributed by atoms with van der Waals surface area (Å²) in [6.45, 7) is -0.0582. The Hall–Kier alpha value is -4.59. The molecule has 0 unspecified atom stereocenters. The van der Waals surface area contributed by atoms with Crippen molar-refractivity contribution in [3.63, 3.8) is 0 Å². The number of hydrogen-bond donors (Lipinski definition) is 3. The number of rotatable bonds is 4. The second-order valence-corrected chi connectivity index (χ2v) is 14.8. The summed E-state index contributed by atoms with van der Waals surface area (Å²) < 4.78 is 25.3. The molecule has 2 aromatic rings. The number of carbonyl (C=O) groups is 5. The first-order valence-electron chi connectivity index (χ1n) is 19.4. The minimum absolute atomic E-state index is 0.0354. The Bertz CT molecular complexity index is 1590. The van der Waals surface area contributed by atoms with Gasteiger partial charge in [0.1, 0.15) is 29.7 Å². The first-order chi connectivity index (χ1) is 26.1. The largest absolute Gasteiger partial charge is 0.481 e. The van der Waals surface area contributed by atoms with Crippen LogP contribution in [0.3, 0.4) is 0 Å². The molecule has 1 aromatic carbocycles. The molecule has 0 spiro atoms. The fourth-order valence-corrected chi connectivity index (χ4v) is 7.67. The van der Waals surface area contributed by atoms with Gasteiger partial charge in [0.2, 0.25) is 17.7 Å². The maximum Gasteiger partial charge on any atom is 0.344 e. The van der Waals surface area contributed by atoms with Crippen LogP contribution in [0.25, 0.3) is 0 Å². The average Bonchev–Trinajstić information content (AvgIpc) is 3.57. The van der Waals surface area contributed by atoms with Gasteiger partial charge in [0.05, 0.1) is 18.3 Å². The third-order valence-electron chi connectivity index (χ3n) is 10.7. The van der Waals surface area contributed by atoms with Crippen LogP contribution in [0.5, 0.6) is 5.75 Å². The molecule has 1 aromatic heterocycles. The van der Waals surface area contributed by atoms with Crippen molar-refractivity contribution >= 4 is 29.6 Å². The minimum Gasteiger partial charge on any atom is -0.481 e. The number of ether oxygens (including phenoxy) is 2. The van der Waals surface area contributed by atoms with E-state index in [9.17, 15) is 33.5 Å². The topological polar surface area (TPSA) is 167 Å². The van der Waals surface area contributed by atoms with E-state index in [-0.39, 0.29) is 49.1 Å². The highest BCUT2D eigenvalue weighted by atomic mass is 19.1. The van der Waals surface area contributed by atoms with Gasteiger partial charge in [-0.25, -0.2) is 9.18 Å². The summed E-state index contributed by atoms with van der Waals surface area (Å²) in [4.78, 5) is 75.8. The van der Waals surface area contributed by atoms with E-state index in [0.717, 1.165) is 81.9 Å². The predicted molar refractivity (Wildman–Crippen MR) is 197 cm³/mol. The maximum absolute atomic E-state index is 14.5. The van der Waals surface area contributed by atoms with E-state index in [1.165, 1.54) is 22.9 Å². The number of amides is 4. The lowest BCUT2D eigenvalue weighted by atomic mass is 9.84. The van der Waals surface area contributed by atoms with Crippen molar-refractivity contribution in [1.29, 1.82) is 0 Å². The van der Waals surface area contributed by atoms with Crippen LogP contribution in [-0.4, -0.2) is 107 Å². The Morgan fingerprint density at radius 1 is 0.926 bits per heavy atom. The van der Waals surface area contributed by atoms with Gasteiger partial charge in [0, 0.05) is 51.4 Å². The van der Waals surface area contributed by atoms with Gasteiger partial charge in [-0.2, -0.15) is 0 Å². The number of nitrogens with zero attached hydrogens (tertiary/aromatic N) is 3. The lowest BCUT2D eigenvalue weighted by Crippen LogP contribution is -2.57. The highest BCUT2D eigenvalue weighted by molar-refractivity contribution is 6.00. The summed E-state index contributed by atoms with van der Waals surface area (Å²) in [6, 6.07) is 3.84. The standard InChI is InChI=1S/C40H54FN5O8/c1-45-33(21-28-14-11-17-42-24-28)38(50)43-18-9-4-2-3-5-10-19-53-36(48)26-54-35-22-29(41)15-16-31(35)37(49)44-32(20-27-12-7-6-8-13-27)39(51)46-25-30(47)23-34(46)40(45)52/h11,14-17,22,24,27,30,32-34,47H,2-10,12-13,18-21,23,25-26H2,1H3,(H,43,50)(H,44,49)/t30-,32+,33-,34+/m0/s1. The van der Waals surface area contributed by atoms with Crippen molar-refractivity contribution in [3.05, 3.63) is 59.7 Å². The van der Waals surface area contributed by atoms with Crippen molar-refractivity contribution in [2.24, 2.45) is 5.92 Å². The second-order valence-electron chi connectivity index (χ2n) is 14.8. The molecule has 1 aliphatic carbocycles. The molecule has 5 rings (SSSR count). The number of benzene rings is 1. The molecule has 1 saturated carbocycles. The van der Waals surface area contributed by atoms with Crippen LogP contribution in [0, 0.1) is 11.7 Å². The highest BCUT2D eigenvalue weighted by Crippen LogP contribution is 2.30. The maximum atomic E-state index is 14.5. The quantitative estimate of drug-likeness (QED) is 0.395. The molecular formula is C40H54FN5O8. The number of carbonyl (C=O) groups excluding carboxylic acids is 5. The van der Waals surface area contributed by atoms with Crippen LogP contribution >= 0.6 is 0 Å². The van der Waals surface area contributed by atoms with Gasteiger partial charge in [0.15, 0.2) is 6.61 Å². The molecule has 294 valence electrons. The Kier molecular flexibility index (Phi) is 15.2. The van der Waals surface area contributed by atoms with Gasteiger partial charge in [-0.1, -0.05) is 63.9 Å². The number of aromatic nitrogens is 1. The zero-order valence-electron chi connectivity index (χ0n) is 31.2. The number of nitrogens with one attached hydrogen (secondary N) is 2. The summed E-state index contributed by atoms with van der Waals surface area (Å²) in [5.74, 6) is -3.48. The molecule has 0 radical (unpaired) electrons. The predicted octanol–water partition coefficient (Wildman–Crippen LogP) is 3.71. The zero-order valence-corrected chi connectivity index (χ0v) is 31.2. The monoisotopic (exact) mass is 751 g/mol. The van der Waals surface area contributed by atoms with E-state index in [2.05, 4.69) is 15.6 Å². The molecule has 2 aliphatic heterocycles. The summed E-state index contributed by atoms with van der Waals surface area (Å²) >= 11 is 0. The number of likely N-dealkylation sites (N-methyl/N-ethyl adjacent to an activating group) is 1. The second kappa shape index (κ2) is 20.2. The lowest BCUT2D eigenvalue weighted by Gasteiger charge is -2.35. The van der Waals surface area contributed by atoms with E-state index in [1.807, 2.05) is 6.07 Å². The fraction of sp³-hybridized carbons (Fsp3) is 0.600. The third-order valence-corrected chi connectivity index (χ3v) is 10.7. The van der Waals surface area contributed by atoms with Gasteiger partial charge in [0.25, 0.3) is 5.91 Å². The molecule has 4 atom stereocenters. The minimum atomic E-state index is -1.09. The van der Waals surface area contributed by atoms with Crippen LogP contribution in [0.2, 0.25) is 0 Å². The first-order valence-corrected chi connectivity index (χ1v) is 19.4. The van der Waals surface area contributed by atoms with Gasteiger partial charge >= 0.3 is 5.97 Å². The number of fused-ring (bicyclic) bond motifs is 2. The summed E-state index contributed by atoms with van der Waals surface area (Å²) in [5.41, 5.74) is 0.681. The number of aliphatic hydroxyl groups excluding tert-OH is 1. The molecular weight excluding hydrogens is 697 g/mol. The Morgan fingerprint density at radius 2 is 1.67 bits per heavy atom. The lowest BCUT2D eigenvalue weighted by molar-refractivity contribution is -0.147. The molecule has 13 nitrogen and oxygen atoms in total. The number of halogens is 1. The molecule has 54 heavy (non-hydrogen) atoms. The van der Waals surface area contributed by atoms with Crippen molar-refractivity contribution in [2.75, 3.05) is 33.4 Å². The van der Waals surface area contributed by atoms with Crippen molar-refractivity contribution in [3.8, 4) is 5.75 Å². The van der Waals surface area contributed by atoms with E-state index < -0.39 is 60.3 Å². The number of aliphatic hydroxyl groups is 1. The number of esters is 1. The van der Waals surface area contributed by atoms with Crippen LogP contribution in [-0.2, 0) is 30.3 Å². The molecule has 3 aliphatic rings. The van der Waals surface area contributed by atoms with Gasteiger partial charge < -0.3 is 35.0 Å². The van der Waals surface area contributed by atoms with Crippen molar-refractivity contribution in [2.45, 2.75) is 114 Å². The molecule has 1 saturated heterocycles. The fourth-order valence-electron chi connectivity index (χ4n) is 7.67. The first kappa shape index (κ1) is 40.6. The normalized spacial score (nSPS) is 25.3. The number of cyclic esters (lactones) is 1. The number of pyridine rings is 1. The Labute approximate surface area is 316 Å². The molecule has 0 bridgehead atoms. The van der Waals surface area contributed by atoms with E-state index >= 15 is 0 Å². The van der Waals surface area contributed by atoms with Gasteiger partial charge in [-0.05, 0) is 48.9 Å². The van der Waals surface area contributed by atoms with Crippen LogP contribution in [0.1, 0.15) is 99.4 Å². The summed E-state index contributed by atoms with van der Waals surface area (Å²) in [5, 5.41) is 16.7. The smallest absolute Gasteiger partial charge is 0.344 e. The Balaban J connectivity index is 1.44. The third kappa shape index (κ3) is 11.5. The molecule has 3 heterocycles. The summed E-state index contributed by atoms with van der Waals surface area (Å²) in [6.07, 6.45) is 12.4. The van der Waals surface area contributed by atoms with Crippen molar-refractivity contribution in [1.82, 2.24) is 25.4 Å². The van der Waals surface area contributed by atoms with E-state index in [4.69, 9.17) is 9.47 Å². The van der Waals surface area contributed by atoms with Crippen LogP contribution < -0.4 is 15.4 Å². The molecule has 2 fully saturated rings. The summed E-state index contributed by atoms with van der Waals surface area (Å²) in [7, 11) is 1.54. The van der Waals surface area contributed by atoms with E-state index in [1.54, 1.807) is 18.5 Å². The van der Waals surface area contributed by atoms with Crippen LogP contribution in [0.15, 0.2) is 42.7 Å². The highest BCUT2D eigenvalue weighted by Gasteiger charge is 2.44. The van der Waals surface area contributed by atoms with Gasteiger partial charge in [-0.15, -0.1) is 0 Å². The average molecular weight is 752 g/mol. The zero-order chi connectivity index (χ0) is 38.5. The molecule has 3 N–H and O–H groups in total. The molecule has 14 heteroatoms. The SMILES string of the molecule is CN1C(=O)[C@H]2C[C@H](O)CN2C(=O)[C@@H](CC2CCCCC2)NC(=O)c2ccc(F)cc2OCC(=O)OCCCCCCCCNC(=O)[C@@H]1Cc1cccnc1. The Morgan fingerprint density at radius 3 is 2.43 bits per heavy atom. The molecule has 4 amide bonds. The number of hydrogen-bond acceptors (Lipinski definition) is 9. The van der Waals surface area contributed by atoms with Gasteiger partial charge in [-0.3, -0.25) is 24.2 Å². The van der Waals surface area contributed by atoms with Crippen LogP contribution in [0.4, 0.5) is 4.39 Å². The van der Waals surface area contributed by atoms with Crippen molar-refractivity contribution < 1.29 is 42.9 Å². The van der Waals surface area contributed by atoms with E-state index in [0.29, 0.717) is 19.4 Å².